The molecule has 2 heteroatoms. The summed E-state index contributed by atoms with van der Waals surface area (Å²) >= 11 is 0. The lowest BCUT2D eigenvalue weighted by atomic mass is 10.0. The normalized spacial score (nSPS) is 10.8. The quantitative estimate of drug-likeness (QED) is 0.666. The van der Waals surface area contributed by atoms with Crippen molar-refractivity contribution in [1.29, 1.82) is 0 Å². The summed E-state index contributed by atoms with van der Waals surface area (Å²) in [5, 5.41) is 0. The molecule has 0 radical (unpaired) electrons. The predicted octanol–water partition coefficient (Wildman–Crippen LogP) is 4.46. The maximum atomic E-state index is 4.54. The van der Waals surface area contributed by atoms with E-state index in [0.717, 1.165) is 11.4 Å². The Kier molecular flexibility index (Phi) is 3.15. The van der Waals surface area contributed by atoms with Gasteiger partial charge in [0.1, 0.15) is 5.82 Å². The van der Waals surface area contributed by atoms with Crippen LogP contribution in [0.15, 0.2) is 54.9 Å². The third-order valence-electron chi connectivity index (χ3n) is 3.82. The van der Waals surface area contributed by atoms with Crippen LogP contribution in [0.1, 0.15) is 16.7 Å². The second kappa shape index (κ2) is 4.97. The van der Waals surface area contributed by atoms with Crippen LogP contribution in [-0.2, 0) is 0 Å². The van der Waals surface area contributed by atoms with Gasteiger partial charge in [0.05, 0.1) is 5.69 Å². The molecule has 0 fully saturated rings. The fraction of sp³-hybridized carbons (Fsp3) is 0.167. The van der Waals surface area contributed by atoms with E-state index in [4.69, 9.17) is 0 Å². The number of benzene rings is 2. The summed E-state index contributed by atoms with van der Waals surface area (Å²) in [6, 6.07) is 14.7. The van der Waals surface area contributed by atoms with Crippen molar-refractivity contribution in [2.45, 2.75) is 20.8 Å². The summed E-state index contributed by atoms with van der Waals surface area (Å²) in [5.74, 6) is 0.988. The van der Waals surface area contributed by atoms with E-state index in [-0.39, 0.29) is 0 Å². The molecule has 0 saturated carbocycles. The lowest BCUT2D eigenvalue weighted by Gasteiger charge is -2.15. The Morgan fingerprint density at radius 1 is 0.850 bits per heavy atom. The summed E-state index contributed by atoms with van der Waals surface area (Å²) in [6.07, 6.45) is 3.90. The molecule has 100 valence electrons. The molecule has 2 aromatic carbocycles. The van der Waals surface area contributed by atoms with Gasteiger partial charge in [-0.2, -0.15) is 0 Å². The molecule has 0 aliphatic heterocycles. The van der Waals surface area contributed by atoms with Crippen LogP contribution in [0, 0.1) is 20.8 Å². The van der Waals surface area contributed by atoms with Gasteiger partial charge < -0.3 is 0 Å². The molecule has 0 aliphatic rings. The molecule has 2 nitrogen and oxygen atoms in total. The van der Waals surface area contributed by atoms with Crippen molar-refractivity contribution in [3.05, 3.63) is 71.5 Å². The second-order valence-corrected chi connectivity index (χ2v) is 5.16. The van der Waals surface area contributed by atoms with Crippen LogP contribution in [0.25, 0.3) is 17.1 Å². The third kappa shape index (κ3) is 2.03. The third-order valence-corrected chi connectivity index (χ3v) is 3.82. The Balaban J connectivity index is 2.24. The lowest BCUT2D eigenvalue weighted by Crippen LogP contribution is -2.02. The smallest absolute Gasteiger partial charge is 0.144 e. The molecule has 1 heterocycles. The first-order chi connectivity index (χ1) is 9.68. The van der Waals surface area contributed by atoms with Crippen LogP contribution in [0.5, 0.6) is 0 Å². The summed E-state index contributed by atoms with van der Waals surface area (Å²) in [6.45, 7) is 6.47. The van der Waals surface area contributed by atoms with Gasteiger partial charge in [-0.15, -0.1) is 0 Å². The molecule has 0 N–H and O–H groups in total. The molecule has 3 aromatic rings. The Bertz CT molecular complexity index is 739. The topological polar surface area (TPSA) is 17.8 Å². The van der Waals surface area contributed by atoms with Crippen molar-refractivity contribution in [2.24, 2.45) is 0 Å². The summed E-state index contributed by atoms with van der Waals surface area (Å²) in [5.41, 5.74) is 6.25. The minimum atomic E-state index is 0.988. The van der Waals surface area contributed by atoms with Crippen LogP contribution < -0.4 is 0 Å². The molecule has 3 rings (SSSR count). The number of hydrogen-bond donors (Lipinski definition) is 0. The zero-order valence-corrected chi connectivity index (χ0v) is 12.1. The van der Waals surface area contributed by atoms with Gasteiger partial charge in [0, 0.05) is 18.0 Å². The van der Waals surface area contributed by atoms with Crippen LogP contribution in [0.3, 0.4) is 0 Å². The van der Waals surface area contributed by atoms with Crippen molar-refractivity contribution in [2.75, 3.05) is 0 Å². The lowest BCUT2D eigenvalue weighted by molar-refractivity contribution is 1.02. The van der Waals surface area contributed by atoms with Crippen molar-refractivity contribution in [3.8, 4) is 17.1 Å². The van der Waals surface area contributed by atoms with E-state index >= 15 is 0 Å². The number of hydrogen-bond acceptors (Lipinski definition) is 1. The Morgan fingerprint density at radius 2 is 1.55 bits per heavy atom. The van der Waals surface area contributed by atoms with Gasteiger partial charge >= 0.3 is 0 Å². The maximum absolute atomic E-state index is 4.54. The Labute approximate surface area is 119 Å². The number of rotatable bonds is 2. The van der Waals surface area contributed by atoms with E-state index in [0.29, 0.717) is 0 Å². The number of imidazole rings is 1. The van der Waals surface area contributed by atoms with E-state index in [2.05, 4.69) is 54.6 Å². The van der Waals surface area contributed by atoms with Gasteiger partial charge in [0.25, 0.3) is 0 Å². The summed E-state index contributed by atoms with van der Waals surface area (Å²) in [7, 11) is 0. The molecule has 0 bridgehead atoms. The van der Waals surface area contributed by atoms with Gasteiger partial charge in [-0.25, -0.2) is 4.98 Å². The van der Waals surface area contributed by atoms with E-state index in [1.807, 2.05) is 30.6 Å². The number of aromatic nitrogens is 2. The molecular formula is C18H18N2. The first-order valence-corrected chi connectivity index (χ1v) is 6.84. The average Bonchev–Trinajstić information content (AvgIpc) is 2.94. The molecule has 0 spiro atoms. The van der Waals surface area contributed by atoms with Crippen LogP contribution in [0.4, 0.5) is 0 Å². The highest BCUT2D eigenvalue weighted by Gasteiger charge is 2.12. The molecule has 0 amide bonds. The number of nitrogens with zero attached hydrogens (tertiary/aromatic N) is 2. The van der Waals surface area contributed by atoms with E-state index in [1.54, 1.807) is 0 Å². The van der Waals surface area contributed by atoms with Crippen LogP contribution in [-0.4, -0.2) is 9.55 Å². The zero-order valence-electron chi connectivity index (χ0n) is 12.1. The molecular weight excluding hydrogens is 244 g/mol. The SMILES string of the molecule is Cc1ccc(C)c(-n2ccnc2-c2ccccc2)c1C. The Hall–Kier alpha value is -2.35. The van der Waals surface area contributed by atoms with Gasteiger partial charge in [-0.05, 0) is 37.5 Å². The number of aryl methyl sites for hydroxylation is 2. The van der Waals surface area contributed by atoms with Crippen molar-refractivity contribution in [3.63, 3.8) is 0 Å². The van der Waals surface area contributed by atoms with Crippen molar-refractivity contribution in [1.82, 2.24) is 9.55 Å². The highest BCUT2D eigenvalue weighted by Crippen LogP contribution is 2.27. The fourth-order valence-corrected chi connectivity index (χ4v) is 2.59. The zero-order chi connectivity index (χ0) is 14.1. The minimum Gasteiger partial charge on any atom is -0.299 e. The van der Waals surface area contributed by atoms with E-state index in [1.165, 1.54) is 22.4 Å². The molecule has 0 atom stereocenters. The molecule has 0 aliphatic carbocycles. The first kappa shape index (κ1) is 12.7. The molecule has 20 heavy (non-hydrogen) atoms. The fourth-order valence-electron chi connectivity index (χ4n) is 2.59. The van der Waals surface area contributed by atoms with Crippen molar-refractivity contribution < 1.29 is 0 Å². The van der Waals surface area contributed by atoms with E-state index in [9.17, 15) is 0 Å². The van der Waals surface area contributed by atoms with Gasteiger partial charge in [0.2, 0.25) is 0 Å². The molecule has 0 saturated heterocycles. The maximum Gasteiger partial charge on any atom is 0.144 e. The predicted molar refractivity (Wildman–Crippen MR) is 83.2 cm³/mol. The monoisotopic (exact) mass is 262 g/mol. The molecule has 0 unspecified atom stereocenters. The highest BCUT2D eigenvalue weighted by atomic mass is 15.1. The average molecular weight is 262 g/mol. The summed E-state index contributed by atoms with van der Waals surface area (Å²) < 4.78 is 2.19. The van der Waals surface area contributed by atoms with Crippen molar-refractivity contribution >= 4 is 0 Å². The minimum absolute atomic E-state index is 0.988. The van der Waals surface area contributed by atoms with Crippen LogP contribution >= 0.6 is 0 Å². The second-order valence-electron chi connectivity index (χ2n) is 5.16. The largest absolute Gasteiger partial charge is 0.299 e. The standard InChI is InChI=1S/C18H18N2/c1-13-9-10-14(2)17(15(13)3)20-12-11-19-18(20)16-7-5-4-6-8-16/h4-12H,1-3H3. The summed E-state index contributed by atoms with van der Waals surface area (Å²) in [4.78, 5) is 4.54. The highest BCUT2D eigenvalue weighted by molar-refractivity contribution is 5.61. The van der Waals surface area contributed by atoms with Gasteiger partial charge in [-0.1, -0.05) is 42.5 Å². The molecule has 1 aromatic heterocycles. The first-order valence-electron chi connectivity index (χ1n) is 6.84. The van der Waals surface area contributed by atoms with E-state index < -0.39 is 0 Å². The van der Waals surface area contributed by atoms with Gasteiger partial charge in [0.15, 0.2) is 0 Å². The Morgan fingerprint density at radius 3 is 2.30 bits per heavy atom. The van der Waals surface area contributed by atoms with Crippen LogP contribution in [0.2, 0.25) is 0 Å². The van der Waals surface area contributed by atoms with Gasteiger partial charge in [-0.3, -0.25) is 4.57 Å².